The zero-order chi connectivity index (χ0) is 14.7. The first-order valence-electron chi connectivity index (χ1n) is 6.67. The van der Waals surface area contributed by atoms with Crippen LogP contribution in [0.5, 0.6) is 5.75 Å². The Kier molecular flexibility index (Phi) is 3.87. The standard InChI is InChI=1S/C15H15N3O2S/c1-2-20-12-3-4-13-11(9-12)5-7-18(13)10-14(19)17-15-16-6-8-21-15/h3-9H,2,10H2,1H3,(H,16,17,19). The lowest BCUT2D eigenvalue weighted by Gasteiger charge is -2.06. The molecule has 2 aromatic heterocycles. The van der Waals surface area contributed by atoms with Gasteiger partial charge in [-0.25, -0.2) is 4.98 Å². The first-order chi connectivity index (χ1) is 10.3. The number of anilines is 1. The topological polar surface area (TPSA) is 56.1 Å². The molecular weight excluding hydrogens is 286 g/mol. The number of rotatable bonds is 5. The molecule has 1 amide bonds. The number of hydrogen-bond acceptors (Lipinski definition) is 4. The number of hydrogen-bond donors (Lipinski definition) is 1. The van der Waals surface area contributed by atoms with E-state index < -0.39 is 0 Å². The van der Waals surface area contributed by atoms with Gasteiger partial charge in [0.15, 0.2) is 5.13 Å². The summed E-state index contributed by atoms with van der Waals surface area (Å²) < 4.78 is 7.39. The Morgan fingerprint density at radius 1 is 1.43 bits per heavy atom. The molecular formula is C15H15N3O2S. The predicted octanol–water partition coefficient (Wildman–Crippen LogP) is 3.14. The SMILES string of the molecule is CCOc1ccc2c(ccn2CC(=O)Nc2nccs2)c1. The Hall–Kier alpha value is -2.34. The van der Waals surface area contributed by atoms with E-state index in [0.717, 1.165) is 16.7 Å². The van der Waals surface area contributed by atoms with Gasteiger partial charge in [0.1, 0.15) is 12.3 Å². The van der Waals surface area contributed by atoms with E-state index in [1.165, 1.54) is 11.3 Å². The van der Waals surface area contributed by atoms with Gasteiger partial charge < -0.3 is 14.6 Å². The summed E-state index contributed by atoms with van der Waals surface area (Å²) in [7, 11) is 0. The highest BCUT2D eigenvalue weighted by molar-refractivity contribution is 7.13. The number of amides is 1. The van der Waals surface area contributed by atoms with Crippen LogP contribution >= 0.6 is 11.3 Å². The molecule has 0 aliphatic carbocycles. The van der Waals surface area contributed by atoms with Crippen molar-refractivity contribution in [1.29, 1.82) is 0 Å². The lowest BCUT2D eigenvalue weighted by atomic mass is 10.2. The molecule has 1 aromatic carbocycles. The molecule has 1 N–H and O–H groups in total. The summed E-state index contributed by atoms with van der Waals surface area (Å²) >= 11 is 1.41. The van der Waals surface area contributed by atoms with Gasteiger partial charge in [-0.2, -0.15) is 0 Å². The number of ether oxygens (including phenoxy) is 1. The van der Waals surface area contributed by atoms with Gasteiger partial charge in [0.2, 0.25) is 5.91 Å². The summed E-state index contributed by atoms with van der Waals surface area (Å²) in [6, 6.07) is 7.85. The second-order valence-corrected chi connectivity index (χ2v) is 5.38. The van der Waals surface area contributed by atoms with Gasteiger partial charge >= 0.3 is 0 Å². The second kappa shape index (κ2) is 5.97. The van der Waals surface area contributed by atoms with Crippen molar-refractivity contribution in [3.63, 3.8) is 0 Å². The van der Waals surface area contributed by atoms with Crippen LogP contribution in [0, 0.1) is 0 Å². The van der Waals surface area contributed by atoms with Crippen molar-refractivity contribution in [3.8, 4) is 5.75 Å². The molecule has 6 heteroatoms. The summed E-state index contributed by atoms with van der Waals surface area (Å²) in [5.41, 5.74) is 1.01. The third-order valence-corrected chi connectivity index (χ3v) is 3.73. The number of benzene rings is 1. The molecule has 0 fully saturated rings. The predicted molar refractivity (Wildman–Crippen MR) is 83.9 cm³/mol. The molecule has 0 saturated heterocycles. The summed E-state index contributed by atoms with van der Waals surface area (Å²) in [6.45, 7) is 2.86. The van der Waals surface area contributed by atoms with Crippen molar-refractivity contribution in [2.75, 3.05) is 11.9 Å². The van der Waals surface area contributed by atoms with Crippen LogP contribution in [-0.2, 0) is 11.3 Å². The molecule has 5 nitrogen and oxygen atoms in total. The van der Waals surface area contributed by atoms with Crippen LogP contribution in [0.1, 0.15) is 6.92 Å². The van der Waals surface area contributed by atoms with Gasteiger partial charge in [-0.05, 0) is 31.2 Å². The van der Waals surface area contributed by atoms with E-state index in [1.54, 1.807) is 6.20 Å². The summed E-state index contributed by atoms with van der Waals surface area (Å²) in [4.78, 5) is 16.0. The maximum atomic E-state index is 12.0. The molecule has 0 aliphatic rings. The smallest absolute Gasteiger partial charge is 0.246 e. The van der Waals surface area contributed by atoms with Crippen LogP contribution in [0.25, 0.3) is 10.9 Å². The normalized spacial score (nSPS) is 10.7. The van der Waals surface area contributed by atoms with E-state index >= 15 is 0 Å². The molecule has 3 aromatic rings. The van der Waals surface area contributed by atoms with Crippen molar-refractivity contribution < 1.29 is 9.53 Å². The van der Waals surface area contributed by atoms with Crippen LogP contribution < -0.4 is 10.1 Å². The van der Waals surface area contributed by atoms with E-state index in [-0.39, 0.29) is 12.5 Å². The minimum Gasteiger partial charge on any atom is -0.494 e. The summed E-state index contributed by atoms with van der Waals surface area (Å²) in [5, 5.41) is 6.29. The number of carbonyl (C=O) groups is 1. The Morgan fingerprint density at radius 3 is 3.10 bits per heavy atom. The van der Waals surface area contributed by atoms with Crippen molar-refractivity contribution >= 4 is 33.3 Å². The first kappa shape index (κ1) is 13.6. The first-order valence-corrected chi connectivity index (χ1v) is 7.55. The van der Waals surface area contributed by atoms with E-state index in [9.17, 15) is 4.79 Å². The number of aromatic nitrogens is 2. The van der Waals surface area contributed by atoms with Crippen LogP contribution in [0.4, 0.5) is 5.13 Å². The average Bonchev–Trinajstić information content (AvgIpc) is 3.09. The highest BCUT2D eigenvalue weighted by Gasteiger charge is 2.08. The highest BCUT2D eigenvalue weighted by Crippen LogP contribution is 2.22. The minimum absolute atomic E-state index is 0.0867. The molecule has 0 unspecified atom stereocenters. The average molecular weight is 301 g/mol. The molecule has 0 spiro atoms. The Balaban J connectivity index is 1.76. The highest BCUT2D eigenvalue weighted by atomic mass is 32.1. The molecule has 0 aliphatic heterocycles. The molecule has 21 heavy (non-hydrogen) atoms. The maximum absolute atomic E-state index is 12.0. The Bertz CT molecular complexity index is 749. The van der Waals surface area contributed by atoms with E-state index in [1.807, 2.05) is 47.3 Å². The van der Waals surface area contributed by atoms with Gasteiger partial charge in [-0.15, -0.1) is 11.3 Å². The molecule has 0 atom stereocenters. The zero-order valence-electron chi connectivity index (χ0n) is 11.6. The van der Waals surface area contributed by atoms with Crippen LogP contribution in [0.2, 0.25) is 0 Å². The maximum Gasteiger partial charge on any atom is 0.246 e. The third kappa shape index (κ3) is 3.05. The zero-order valence-corrected chi connectivity index (χ0v) is 12.4. The number of carbonyl (C=O) groups excluding carboxylic acids is 1. The van der Waals surface area contributed by atoms with Crippen molar-refractivity contribution in [2.24, 2.45) is 0 Å². The molecule has 0 bridgehead atoms. The van der Waals surface area contributed by atoms with Crippen LogP contribution in [-0.4, -0.2) is 22.1 Å². The lowest BCUT2D eigenvalue weighted by molar-refractivity contribution is -0.116. The molecule has 0 radical (unpaired) electrons. The summed E-state index contributed by atoms with van der Waals surface area (Å²) in [5.74, 6) is 0.756. The minimum atomic E-state index is -0.0867. The number of nitrogens with zero attached hydrogens (tertiary/aromatic N) is 2. The van der Waals surface area contributed by atoms with E-state index in [4.69, 9.17) is 4.74 Å². The van der Waals surface area contributed by atoms with Crippen molar-refractivity contribution in [1.82, 2.24) is 9.55 Å². The fraction of sp³-hybridized carbons (Fsp3) is 0.200. The third-order valence-electron chi connectivity index (χ3n) is 3.05. The fourth-order valence-electron chi connectivity index (χ4n) is 2.17. The monoisotopic (exact) mass is 301 g/mol. The Morgan fingerprint density at radius 2 is 2.33 bits per heavy atom. The largest absolute Gasteiger partial charge is 0.494 e. The number of nitrogens with one attached hydrogen (secondary N) is 1. The van der Waals surface area contributed by atoms with Crippen LogP contribution in [0.15, 0.2) is 42.0 Å². The van der Waals surface area contributed by atoms with Gasteiger partial charge in [0, 0.05) is 28.7 Å². The summed E-state index contributed by atoms with van der Waals surface area (Å²) in [6.07, 6.45) is 3.57. The lowest BCUT2D eigenvalue weighted by Crippen LogP contribution is -2.17. The van der Waals surface area contributed by atoms with E-state index in [0.29, 0.717) is 11.7 Å². The molecule has 3 rings (SSSR count). The number of fused-ring (bicyclic) bond motifs is 1. The van der Waals surface area contributed by atoms with Gasteiger partial charge in [0.25, 0.3) is 0 Å². The molecule has 108 valence electrons. The molecule has 0 saturated carbocycles. The van der Waals surface area contributed by atoms with Crippen molar-refractivity contribution in [2.45, 2.75) is 13.5 Å². The molecule has 2 heterocycles. The number of thiazole rings is 1. The fourth-order valence-corrected chi connectivity index (χ4v) is 2.72. The van der Waals surface area contributed by atoms with Gasteiger partial charge in [-0.3, -0.25) is 4.79 Å². The van der Waals surface area contributed by atoms with Gasteiger partial charge in [-0.1, -0.05) is 0 Å². The van der Waals surface area contributed by atoms with Gasteiger partial charge in [0.05, 0.1) is 6.61 Å². The van der Waals surface area contributed by atoms with Crippen LogP contribution in [0.3, 0.4) is 0 Å². The second-order valence-electron chi connectivity index (χ2n) is 4.48. The Labute approximate surface area is 126 Å². The quantitative estimate of drug-likeness (QED) is 0.787. The van der Waals surface area contributed by atoms with E-state index in [2.05, 4.69) is 10.3 Å². The van der Waals surface area contributed by atoms with Crippen molar-refractivity contribution in [3.05, 3.63) is 42.0 Å².